The van der Waals surface area contributed by atoms with Gasteiger partial charge in [0, 0.05) is 25.8 Å². The van der Waals surface area contributed by atoms with Gasteiger partial charge in [0.2, 0.25) is 5.91 Å². The van der Waals surface area contributed by atoms with Crippen LogP contribution in [0, 0.1) is 5.82 Å². The van der Waals surface area contributed by atoms with Gasteiger partial charge in [0.1, 0.15) is 17.7 Å². The quantitative estimate of drug-likeness (QED) is 0.730. The van der Waals surface area contributed by atoms with Crippen molar-refractivity contribution in [1.29, 1.82) is 0 Å². The van der Waals surface area contributed by atoms with E-state index in [2.05, 4.69) is 10.3 Å². The summed E-state index contributed by atoms with van der Waals surface area (Å²) in [5, 5.41) is 3.08. The number of benzene rings is 1. The molecule has 1 unspecified atom stereocenters. The van der Waals surface area contributed by atoms with E-state index in [9.17, 15) is 18.8 Å². The molecular formula is C20H20ClFN4O3. The van der Waals surface area contributed by atoms with Gasteiger partial charge in [0.25, 0.3) is 0 Å². The van der Waals surface area contributed by atoms with E-state index >= 15 is 0 Å². The van der Waals surface area contributed by atoms with Crippen LogP contribution in [-0.2, 0) is 20.9 Å². The number of pyridine rings is 1. The van der Waals surface area contributed by atoms with Gasteiger partial charge in [0.15, 0.2) is 0 Å². The van der Waals surface area contributed by atoms with Gasteiger partial charge in [-0.2, -0.15) is 0 Å². The molecule has 2 aromatic rings. The molecule has 9 heteroatoms. The van der Waals surface area contributed by atoms with Crippen LogP contribution in [0.25, 0.3) is 0 Å². The number of aromatic nitrogens is 1. The maximum Gasteiger partial charge on any atom is 0.312 e. The molecule has 29 heavy (non-hydrogen) atoms. The van der Waals surface area contributed by atoms with Gasteiger partial charge in [-0.15, -0.1) is 0 Å². The number of amides is 3. The predicted octanol–water partition coefficient (Wildman–Crippen LogP) is 2.46. The SMILES string of the molecule is CCC(C(=O)Nc1ccc(Cl)cn1)N1CCN(Cc2ccc(F)cc2)C(=O)C1=O. The van der Waals surface area contributed by atoms with Crippen LogP contribution in [0.3, 0.4) is 0 Å². The average molecular weight is 419 g/mol. The minimum absolute atomic E-state index is 0.205. The number of carbonyl (C=O) groups excluding carboxylic acids is 3. The van der Waals surface area contributed by atoms with Crippen LogP contribution in [-0.4, -0.2) is 51.6 Å². The fourth-order valence-electron chi connectivity index (χ4n) is 3.15. The van der Waals surface area contributed by atoms with Crippen molar-refractivity contribution in [3.63, 3.8) is 0 Å². The third-order valence-electron chi connectivity index (χ3n) is 4.67. The number of hydrogen-bond acceptors (Lipinski definition) is 4. The Hall–Kier alpha value is -3.00. The Kier molecular flexibility index (Phi) is 6.43. The Balaban J connectivity index is 1.66. The number of nitrogens with zero attached hydrogens (tertiary/aromatic N) is 3. The monoisotopic (exact) mass is 418 g/mol. The highest BCUT2D eigenvalue weighted by molar-refractivity contribution is 6.36. The number of piperazine rings is 1. The molecule has 1 atom stereocenters. The van der Waals surface area contributed by atoms with Gasteiger partial charge in [-0.3, -0.25) is 14.4 Å². The Morgan fingerprint density at radius 2 is 1.90 bits per heavy atom. The molecule has 1 aromatic carbocycles. The average Bonchev–Trinajstić information content (AvgIpc) is 2.71. The van der Waals surface area contributed by atoms with Crippen molar-refractivity contribution < 1.29 is 18.8 Å². The fourth-order valence-corrected chi connectivity index (χ4v) is 3.27. The first kappa shape index (κ1) is 20.7. The Bertz CT molecular complexity index is 905. The minimum Gasteiger partial charge on any atom is -0.328 e. The zero-order valence-electron chi connectivity index (χ0n) is 15.8. The van der Waals surface area contributed by atoms with Crippen LogP contribution in [0.4, 0.5) is 10.2 Å². The molecule has 3 amide bonds. The summed E-state index contributed by atoms with van der Waals surface area (Å²) in [5.74, 6) is -1.89. The van der Waals surface area contributed by atoms with Gasteiger partial charge in [-0.25, -0.2) is 9.37 Å². The lowest BCUT2D eigenvalue weighted by atomic mass is 10.1. The lowest BCUT2D eigenvalue weighted by Crippen LogP contribution is -2.59. The highest BCUT2D eigenvalue weighted by atomic mass is 35.5. The van der Waals surface area contributed by atoms with Gasteiger partial charge in [0.05, 0.1) is 5.02 Å². The molecule has 1 fully saturated rings. The normalized spacial score (nSPS) is 15.4. The first-order valence-corrected chi connectivity index (χ1v) is 9.53. The first-order valence-electron chi connectivity index (χ1n) is 9.15. The second-order valence-electron chi connectivity index (χ2n) is 6.63. The molecule has 1 aliphatic heterocycles. The number of rotatable bonds is 6. The topological polar surface area (TPSA) is 82.6 Å². The van der Waals surface area contributed by atoms with Gasteiger partial charge in [-0.1, -0.05) is 30.7 Å². The summed E-state index contributed by atoms with van der Waals surface area (Å²) in [6.07, 6.45) is 1.75. The summed E-state index contributed by atoms with van der Waals surface area (Å²) < 4.78 is 13.0. The Morgan fingerprint density at radius 3 is 2.52 bits per heavy atom. The standard InChI is InChI=1S/C20H20ClFN4O3/c1-2-16(18(27)24-17-8-5-14(21)11-23-17)26-10-9-25(19(28)20(26)29)12-13-3-6-15(22)7-4-13/h3-8,11,16H,2,9-10,12H2,1H3,(H,23,24,27). The van der Waals surface area contributed by atoms with Gasteiger partial charge >= 0.3 is 11.8 Å². The van der Waals surface area contributed by atoms with Crippen molar-refractivity contribution >= 4 is 35.1 Å². The van der Waals surface area contributed by atoms with E-state index in [-0.39, 0.29) is 25.5 Å². The Labute approximate surface area is 172 Å². The number of nitrogens with one attached hydrogen (secondary N) is 1. The largest absolute Gasteiger partial charge is 0.328 e. The van der Waals surface area contributed by atoms with E-state index in [0.717, 1.165) is 5.56 Å². The smallest absolute Gasteiger partial charge is 0.312 e. The molecule has 0 aliphatic carbocycles. The molecule has 0 radical (unpaired) electrons. The number of anilines is 1. The maximum atomic E-state index is 13.0. The van der Waals surface area contributed by atoms with E-state index in [4.69, 9.17) is 11.6 Å². The Morgan fingerprint density at radius 1 is 1.17 bits per heavy atom. The lowest BCUT2D eigenvalue weighted by Gasteiger charge is -2.37. The van der Waals surface area contributed by atoms with E-state index in [0.29, 0.717) is 17.3 Å². The van der Waals surface area contributed by atoms with Crippen molar-refractivity contribution in [1.82, 2.24) is 14.8 Å². The molecule has 0 bridgehead atoms. The molecule has 0 spiro atoms. The second kappa shape index (κ2) is 9.00. The van der Waals surface area contributed by atoms with Crippen molar-refractivity contribution in [3.8, 4) is 0 Å². The molecule has 3 rings (SSSR count). The van der Waals surface area contributed by atoms with Crippen LogP contribution < -0.4 is 5.32 Å². The fraction of sp³-hybridized carbons (Fsp3) is 0.300. The van der Waals surface area contributed by atoms with E-state index < -0.39 is 23.8 Å². The summed E-state index contributed by atoms with van der Waals surface area (Å²) in [5.41, 5.74) is 0.722. The van der Waals surface area contributed by atoms with E-state index in [1.165, 1.54) is 28.1 Å². The van der Waals surface area contributed by atoms with Crippen LogP contribution in [0.1, 0.15) is 18.9 Å². The van der Waals surface area contributed by atoms with Crippen molar-refractivity contribution in [2.75, 3.05) is 18.4 Å². The van der Waals surface area contributed by atoms with Crippen LogP contribution >= 0.6 is 11.6 Å². The summed E-state index contributed by atoms with van der Waals surface area (Å²) in [7, 11) is 0. The molecule has 1 saturated heterocycles. The molecule has 152 valence electrons. The zero-order chi connectivity index (χ0) is 21.0. The molecule has 7 nitrogen and oxygen atoms in total. The highest BCUT2D eigenvalue weighted by Crippen LogP contribution is 2.17. The number of hydrogen-bond donors (Lipinski definition) is 1. The van der Waals surface area contributed by atoms with Gasteiger partial charge < -0.3 is 15.1 Å². The van der Waals surface area contributed by atoms with E-state index in [1.54, 1.807) is 31.2 Å². The van der Waals surface area contributed by atoms with Crippen molar-refractivity contribution in [3.05, 3.63) is 59.0 Å². The van der Waals surface area contributed by atoms with Crippen molar-refractivity contribution in [2.24, 2.45) is 0 Å². The molecule has 1 aliphatic rings. The molecule has 0 saturated carbocycles. The second-order valence-corrected chi connectivity index (χ2v) is 7.06. The highest BCUT2D eigenvalue weighted by Gasteiger charge is 2.38. The summed E-state index contributed by atoms with van der Waals surface area (Å²) in [6.45, 7) is 2.48. The first-order chi connectivity index (χ1) is 13.9. The summed E-state index contributed by atoms with van der Waals surface area (Å²) >= 11 is 5.79. The molecular weight excluding hydrogens is 399 g/mol. The predicted molar refractivity (Wildman–Crippen MR) is 105 cm³/mol. The van der Waals surface area contributed by atoms with Crippen LogP contribution in [0.5, 0.6) is 0 Å². The zero-order valence-corrected chi connectivity index (χ0v) is 16.5. The third kappa shape index (κ3) is 4.89. The van der Waals surface area contributed by atoms with E-state index in [1.807, 2.05) is 0 Å². The number of carbonyl (C=O) groups is 3. The minimum atomic E-state index is -0.795. The maximum absolute atomic E-state index is 13.0. The molecule has 1 N–H and O–H groups in total. The molecule has 2 heterocycles. The van der Waals surface area contributed by atoms with Crippen LogP contribution in [0.2, 0.25) is 5.02 Å². The molecule has 1 aromatic heterocycles. The number of halogens is 2. The lowest BCUT2D eigenvalue weighted by molar-refractivity contribution is -0.159. The third-order valence-corrected chi connectivity index (χ3v) is 4.90. The van der Waals surface area contributed by atoms with Crippen LogP contribution in [0.15, 0.2) is 42.6 Å². The van der Waals surface area contributed by atoms with Gasteiger partial charge in [-0.05, 0) is 36.2 Å². The summed E-state index contributed by atoms with van der Waals surface area (Å²) in [4.78, 5) is 44.5. The summed E-state index contributed by atoms with van der Waals surface area (Å²) in [6, 6.07) is 8.10. The van der Waals surface area contributed by atoms with Crippen molar-refractivity contribution in [2.45, 2.75) is 25.9 Å².